The van der Waals surface area contributed by atoms with Crippen LogP contribution in [0.3, 0.4) is 0 Å². The molecule has 4 aromatic rings. The molecule has 0 atom stereocenters. The highest BCUT2D eigenvalue weighted by molar-refractivity contribution is 7.98. The minimum Gasteiger partial charge on any atom is -0.321 e. The van der Waals surface area contributed by atoms with Crippen LogP contribution in [0.25, 0.3) is 10.2 Å². The van der Waals surface area contributed by atoms with Gasteiger partial charge in [-0.25, -0.2) is 4.98 Å². The van der Waals surface area contributed by atoms with E-state index in [9.17, 15) is 9.59 Å². The Morgan fingerprint density at radius 2 is 1.88 bits per heavy atom. The number of aryl methyl sites for hydroxylation is 3. The van der Waals surface area contributed by atoms with Crippen molar-refractivity contribution < 1.29 is 4.79 Å². The maximum Gasteiger partial charge on any atom is 0.266 e. The van der Waals surface area contributed by atoms with Crippen molar-refractivity contribution in [3.63, 3.8) is 0 Å². The lowest BCUT2D eigenvalue weighted by atomic mass is 10.2. The molecule has 34 heavy (non-hydrogen) atoms. The molecular formula is C26H28N4O2S2. The lowest BCUT2D eigenvalue weighted by Gasteiger charge is -2.06. The largest absolute Gasteiger partial charge is 0.321 e. The number of thioether (sulfide) groups is 1. The molecule has 0 aliphatic carbocycles. The molecule has 0 radical (unpaired) electrons. The lowest BCUT2D eigenvalue weighted by Crippen LogP contribution is -2.14. The third kappa shape index (κ3) is 5.41. The molecule has 0 fully saturated rings. The third-order valence-corrected chi connectivity index (χ3v) is 7.91. The average molecular weight is 493 g/mol. The number of anilines is 1. The number of aromatic amines is 1. The van der Waals surface area contributed by atoms with Crippen molar-refractivity contribution in [1.82, 2.24) is 15.3 Å². The summed E-state index contributed by atoms with van der Waals surface area (Å²) < 4.78 is 0. The van der Waals surface area contributed by atoms with Gasteiger partial charge in [0.05, 0.1) is 16.0 Å². The van der Waals surface area contributed by atoms with E-state index < -0.39 is 0 Å². The van der Waals surface area contributed by atoms with E-state index in [0.717, 1.165) is 24.3 Å². The molecule has 0 unspecified atom stereocenters. The highest BCUT2D eigenvalue weighted by atomic mass is 32.2. The summed E-state index contributed by atoms with van der Waals surface area (Å²) >= 11 is 2.90. The number of carbonyl (C=O) groups is 1. The third-order valence-electron chi connectivity index (χ3n) is 5.55. The first-order chi connectivity index (χ1) is 16.4. The van der Waals surface area contributed by atoms with Gasteiger partial charge in [0.2, 0.25) is 0 Å². The van der Waals surface area contributed by atoms with Gasteiger partial charge in [0.1, 0.15) is 10.7 Å². The van der Waals surface area contributed by atoms with Crippen LogP contribution in [0.15, 0.2) is 52.2 Å². The predicted octanol–water partition coefficient (Wildman–Crippen LogP) is 5.56. The molecule has 2 aromatic carbocycles. The maximum atomic E-state index is 13.0. The summed E-state index contributed by atoms with van der Waals surface area (Å²) in [5.74, 6) is 0.922. The van der Waals surface area contributed by atoms with Gasteiger partial charge >= 0.3 is 0 Å². The number of hydrogen-bond acceptors (Lipinski definition) is 6. The SMILES string of the molecule is CCNCc1ccc(NC(=O)c2sc3nc(CSc4cc(C)ccc4C)[nH]c(=O)c3c2C)cc1. The zero-order valence-corrected chi connectivity index (χ0v) is 21.4. The Morgan fingerprint density at radius 3 is 2.62 bits per heavy atom. The fraction of sp³-hybridized carbons (Fsp3) is 0.269. The molecule has 0 saturated carbocycles. The number of nitrogens with one attached hydrogen (secondary N) is 3. The minimum atomic E-state index is -0.231. The van der Waals surface area contributed by atoms with Crippen LogP contribution in [0.2, 0.25) is 0 Å². The van der Waals surface area contributed by atoms with E-state index in [1.54, 1.807) is 18.7 Å². The molecule has 1 amide bonds. The number of rotatable bonds is 8. The number of hydrogen-bond donors (Lipinski definition) is 3. The van der Waals surface area contributed by atoms with Crippen molar-refractivity contribution in [3.8, 4) is 0 Å². The van der Waals surface area contributed by atoms with Crippen molar-refractivity contribution in [2.45, 2.75) is 44.9 Å². The Kier molecular flexibility index (Phi) is 7.50. The van der Waals surface area contributed by atoms with Crippen LogP contribution in [0.4, 0.5) is 5.69 Å². The zero-order valence-electron chi connectivity index (χ0n) is 19.7. The van der Waals surface area contributed by atoms with Gasteiger partial charge in [-0.05, 0) is 62.2 Å². The minimum absolute atomic E-state index is 0.206. The second-order valence-electron chi connectivity index (χ2n) is 8.24. The molecule has 0 spiro atoms. The number of fused-ring (bicyclic) bond motifs is 1. The summed E-state index contributed by atoms with van der Waals surface area (Å²) in [6, 6.07) is 14.1. The first-order valence-corrected chi connectivity index (χ1v) is 13.0. The predicted molar refractivity (Wildman–Crippen MR) is 142 cm³/mol. The van der Waals surface area contributed by atoms with Gasteiger partial charge in [-0.2, -0.15) is 0 Å². The molecule has 0 aliphatic rings. The smallest absolute Gasteiger partial charge is 0.266 e. The fourth-order valence-corrected chi connectivity index (χ4v) is 5.74. The van der Waals surface area contributed by atoms with Crippen LogP contribution in [0.5, 0.6) is 0 Å². The van der Waals surface area contributed by atoms with Crippen LogP contribution in [0, 0.1) is 20.8 Å². The second-order valence-corrected chi connectivity index (χ2v) is 10.3. The molecular weight excluding hydrogens is 464 g/mol. The molecule has 6 nitrogen and oxygen atoms in total. The number of carbonyl (C=O) groups excluding carboxylic acids is 1. The summed E-state index contributed by atoms with van der Waals surface area (Å²) in [7, 11) is 0. The average Bonchev–Trinajstić information content (AvgIpc) is 3.16. The first-order valence-electron chi connectivity index (χ1n) is 11.2. The topological polar surface area (TPSA) is 86.9 Å². The van der Waals surface area contributed by atoms with Crippen molar-refractivity contribution in [3.05, 3.63) is 85.8 Å². The van der Waals surface area contributed by atoms with Crippen LogP contribution in [-0.2, 0) is 12.3 Å². The Labute approximate surface area is 207 Å². The van der Waals surface area contributed by atoms with E-state index in [-0.39, 0.29) is 11.5 Å². The van der Waals surface area contributed by atoms with Crippen LogP contribution in [0.1, 0.15) is 44.7 Å². The fourth-order valence-electron chi connectivity index (χ4n) is 3.65. The summed E-state index contributed by atoms with van der Waals surface area (Å²) in [5.41, 5.74) is 4.71. The standard InChI is InChI=1S/C26H28N4O2S2/c1-5-27-13-18-8-10-19(11-9-18)28-25(32)23-17(4)22-24(31)29-21(30-26(22)34-23)14-33-20-12-15(2)6-7-16(20)3/h6-12,27H,5,13-14H2,1-4H3,(H,28,32)(H,29,30,31). The number of benzene rings is 2. The normalized spacial score (nSPS) is 11.2. The van der Waals surface area contributed by atoms with Gasteiger partial charge in [-0.3, -0.25) is 9.59 Å². The van der Waals surface area contributed by atoms with E-state index in [2.05, 4.69) is 59.6 Å². The number of aromatic nitrogens is 2. The van der Waals surface area contributed by atoms with Crippen molar-refractivity contribution in [1.29, 1.82) is 0 Å². The van der Waals surface area contributed by atoms with Crippen molar-refractivity contribution in [2.75, 3.05) is 11.9 Å². The molecule has 176 valence electrons. The second kappa shape index (κ2) is 10.5. The van der Waals surface area contributed by atoms with E-state index in [0.29, 0.717) is 32.2 Å². The Morgan fingerprint density at radius 1 is 1.12 bits per heavy atom. The summed E-state index contributed by atoms with van der Waals surface area (Å²) in [6.07, 6.45) is 0. The van der Waals surface area contributed by atoms with Crippen LogP contribution in [-0.4, -0.2) is 22.4 Å². The first kappa shape index (κ1) is 24.2. The van der Waals surface area contributed by atoms with Gasteiger partial charge < -0.3 is 15.6 Å². The van der Waals surface area contributed by atoms with Crippen molar-refractivity contribution in [2.24, 2.45) is 0 Å². The molecule has 0 saturated heterocycles. The molecule has 8 heteroatoms. The van der Waals surface area contributed by atoms with E-state index in [1.807, 2.05) is 24.3 Å². The number of amides is 1. The molecule has 3 N–H and O–H groups in total. The molecule has 0 bridgehead atoms. The van der Waals surface area contributed by atoms with Crippen molar-refractivity contribution >= 4 is 44.9 Å². The lowest BCUT2D eigenvalue weighted by molar-refractivity contribution is 0.103. The molecule has 0 aliphatic heterocycles. The highest BCUT2D eigenvalue weighted by Gasteiger charge is 2.19. The van der Waals surface area contributed by atoms with E-state index in [4.69, 9.17) is 0 Å². The van der Waals surface area contributed by atoms with Gasteiger partial charge in [-0.1, -0.05) is 36.8 Å². The van der Waals surface area contributed by atoms with E-state index in [1.165, 1.54) is 27.4 Å². The molecule has 4 rings (SSSR count). The van der Waals surface area contributed by atoms with Crippen LogP contribution >= 0.6 is 23.1 Å². The summed E-state index contributed by atoms with van der Waals surface area (Å²) in [5, 5.41) is 6.70. The van der Waals surface area contributed by atoms with E-state index >= 15 is 0 Å². The Bertz CT molecular complexity index is 1390. The van der Waals surface area contributed by atoms with Crippen LogP contribution < -0.4 is 16.2 Å². The van der Waals surface area contributed by atoms with Gasteiger partial charge in [0.25, 0.3) is 11.5 Å². The highest BCUT2D eigenvalue weighted by Crippen LogP contribution is 2.30. The number of H-pyrrole nitrogens is 1. The number of thiophene rings is 1. The van der Waals surface area contributed by atoms with Gasteiger partial charge in [0, 0.05) is 17.1 Å². The quantitative estimate of drug-likeness (QED) is 0.280. The summed E-state index contributed by atoms with van der Waals surface area (Å²) in [4.78, 5) is 35.6. The maximum absolute atomic E-state index is 13.0. The Balaban J connectivity index is 1.53. The molecule has 2 heterocycles. The zero-order chi connectivity index (χ0) is 24.2. The monoisotopic (exact) mass is 492 g/mol. The van der Waals surface area contributed by atoms with Gasteiger partial charge in [-0.15, -0.1) is 23.1 Å². The summed E-state index contributed by atoms with van der Waals surface area (Å²) in [6.45, 7) is 9.70. The van der Waals surface area contributed by atoms with Gasteiger partial charge in [0.15, 0.2) is 0 Å². The number of nitrogens with zero attached hydrogens (tertiary/aromatic N) is 1. The molecule has 2 aromatic heterocycles. The Hall–Kier alpha value is -2.94.